The first-order chi connectivity index (χ1) is 7.81. The van der Waals surface area contributed by atoms with Gasteiger partial charge < -0.3 is 14.9 Å². The Hall–Kier alpha value is -1.96. The van der Waals surface area contributed by atoms with E-state index in [0.29, 0.717) is 0 Å². The Kier molecular flexibility index (Phi) is 3.79. The molecule has 1 amide bonds. The second kappa shape index (κ2) is 4.91. The molecule has 0 aliphatic rings. The fraction of sp³-hybridized carbons (Fsp3) is 0.222. The number of nitrogens with one attached hydrogen (secondary N) is 1. The van der Waals surface area contributed by atoms with Gasteiger partial charge in [0.15, 0.2) is 0 Å². The summed E-state index contributed by atoms with van der Waals surface area (Å²) in [6.07, 6.45) is -6.33. The molecule has 17 heavy (non-hydrogen) atoms. The molecule has 8 heteroatoms. The van der Waals surface area contributed by atoms with Crippen LogP contribution in [0.5, 0.6) is 5.75 Å². The van der Waals surface area contributed by atoms with Crippen LogP contribution in [-0.2, 0) is 6.61 Å². The molecular formula is C9H8F3NO4. The lowest BCUT2D eigenvalue weighted by atomic mass is 10.2. The van der Waals surface area contributed by atoms with Crippen LogP contribution < -0.4 is 10.1 Å². The van der Waals surface area contributed by atoms with E-state index in [1.54, 1.807) is 0 Å². The number of rotatable bonds is 3. The van der Waals surface area contributed by atoms with Crippen molar-refractivity contribution in [3.63, 3.8) is 0 Å². The van der Waals surface area contributed by atoms with Crippen LogP contribution in [0.2, 0.25) is 0 Å². The first-order valence-electron chi connectivity index (χ1n) is 4.31. The number of halogens is 3. The average Bonchev–Trinajstić information content (AvgIpc) is 2.14. The lowest BCUT2D eigenvalue weighted by Crippen LogP contribution is -2.18. The Labute approximate surface area is 93.4 Å². The molecular weight excluding hydrogens is 243 g/mol. The van der Waals surface area contributed by atoms with Crippen molar-refractivity contribution in [3.05, 3.63) is 23.8 Å². The van der Waals surface area contributed by atoms with Crippen LogP contribution in [-0.4, -0.2) is 22.7 Å². The molecule has 5 nitrogen and oxygen atoms in total. The maximum absolute atomic E-state index is 12.0. The van der Waals surface area contributed by atoms with Gasteiger partial charge in [-0.3, -0.25) is 5.32 Å². The quantitative estimate of drug-likeness (QED) is 0.769. The lowest BCUT2D eigenvalue weighted by Gasteiger charge is -2.13. The zero-order chi connectivity index (χ0) is 13.1. The van der Waals surface area contributed by atoms with Gasteiger partial charge in [-0.05, 0) is 6.07 Å². The van der Waals surface area contributed by atoms with Crippen molar-refractivity contribution in [2.45, 2.75) is 13.0 Å². The molecule has 3 N–H and O–H groups in total. The number of hydrogen-bond acceptors (Lipinski definition) is 3. The summed E-state index contributed by atoms with van der Waals surface area (Å²) < 4.78 is 39.7. The maximum atomic E-state index is 12.0. The molecule has 0 atom stereocenters. The Morgan fingerprint density at radius 3 is 2.53 bits per heavy atom. The third kappa shape index (κ3) is 4.19. The zero-order valence-electron chi connectivity index (χ0n) is 8.28. The number of aliphatic hydroxyl groups excluding tert-OH is 1. The number of ether oxygens (including phenoxy) is 1. The Balaban J connectivity index is 3.02. The average molecular weight is 251 g/mol. The molecule has 0 spiro atoms. The van der Waals surface area contributed by atoms with Crippen LogP contribution in [0.15, 0.2) is 18.2 Å². The minimum atomic E-state index is -4.91. The molecule has 0 aliphatic heterocycles. The molecule has 1 rings (SSSR count). The van der Waals surface area contributed by atoms with Gasteiger partial charge in [-0.2, -0.15) is 0 Å². The van der Waals surface area contributed by atoms with Crippen molar-refractivity contribution in [1.82, 2.24) is 0 Å². The third-order valence-corrected chi connectivity index (χ3v) is 1.71. The smallest absolute Gasteiger partial charge is 0.465 e. The summed E-state index contributed by atoms with van der Waals surface area (Å²) in [5, 5.41) is 19.1. The van der Waals surface area contributed by atoms with E-state index in [2.05, 4.69) is 4.74 Å². The van der Waals surface area contributed by atoms with Crippen LogP contribution in [0, 0.1) is 0 Å². The monoisotopic (exact) mass is 251 g/mol. The highest BCUT2D eigenvalue weighted by molar-refractivity contribution is 5.83. The summed E-state index contributed by atoms with van der Waals surface area (Å²) in [5.74, 6) is -0.647. The van der Waals surface area contributed by atoms with E-state index >= 15 is 0 Å². The molecule has 1 aromatic rings. The third-order valence-electron chi connectivity index (χ3n) is 1.71. The second-order valence-electron chi connectivity index (χ2n) is 2.96. The van der Waals surface area contributed by atoms with Crippen LogP contribution in [0.3, 0.4) is 0 Å². The topological polar surface area (TPSA) is 78.8 Å². The highest BCUT2D eigenvalue weighted by atomic mass is 19.4. The molecule has 0 aliphatic carbocycles. The standard InChI is InChI=1S/C9H8F3NO4/c10-9(11,12)17-7-3-6(13-8(15)16)2-1-5(7)4-14/h1-3,13-14H,4H2,(H,15,16). The number of hydrogen-bond donors (Lipinski definition) is 3. The fourth-order valence-corrected chi connectivity index (χ4v) is 1.11. The van der Waals surface area contributed by atoms with Crippen LogP contribution in [0.1, 0.15) is 5.56 Å². The number of carboxylic acid groups (broad SMARTS) is 1. The Morgan fingerprint density at radius 1 is 1.41 bits per heavy atom. The van der Waals surface area contributed by atoms with Gasteiger partial charge in [0.1, 0.15) is 5.75 Å². The maximum Gasteiger partial charge on any atom is 0.573 e. The van der Waals surface area contributed by atoms with Gasteiger partial charge in [-0.15, -0.1) is 13.2 Å². The van der Waals surface area contributed by atoms with Crippen LogP contribution in [0.25, 0.3) is 0 Å². The lowest BCUT2D eigenvalue weighted by molar-refractivity contribution is -0.275. The fourth-order valence-electron chi connectivity index (χ4n) is 1.11. The van der Waals surface area contributed by atoms with Gasteiger partial charge in [-0.25, -0.2) is 4.79 Å². The summed E-state index contributed by atoms with van der Waals surface area (Å²) in [7, 11) is 0. The van der Waals surface area contributed by atoms with E-state index in [9.17, 15) is 18.0 Å². The first kappa shape index (κ1) is 13.1. The Morgan fingerprint density at radius 2 is 2.06 bits per heavy atom. The van der Waals surface area contributed by atoms with Crippen molar-refractivity contribution in [1.29, 1.82) is 0 Å². The SMILES string of the molecule is O=C(O)Nc1ccc(CO)c(OC(F)(F)F)c1. The van der Waals surface area contributed by atoms with E-state index in [1.165, 1.54) is 6.07 Å². The molecule has 0 fully saturated rings. The number of benzene rings is 1. The van der Waals surface area contributed by atoms with Crippen molar-refractivity contribution in [2.75, 3.05) is 5.32 Å². The molecule has 0 aromatic heterocycles. The minimum Gasteiger partial charge on any atom is -0.465 e. The summed E-state index contributed by atoms with van der Waals surface area (Å²) in [4.78, 5) is 10.3. The van der Waals surface area contributed by atoms with Crippen molar-refractivity contribution >= 4 is 11.8 Å². The highest BCUT2D eigenvalue weighted by Gasteiger charge is 2.32. The summed E-state index contributed by atoms with van der Waals surface area (Å²) in [6, 6.07) is 3.18. The molecule has 0 saturated carbocycles. The van der Waals surface area contributed by atoms with Crippen LogP contribution >= 0.6 is 0 Å². The first-order valence-corrected chi connectivity index (χ1v) is 4.31. The van der Waals surface area contributed by atoms with Gasteiger partial charge >= 0.3 is 12.5 Å². The number of carbonyl (C=O) groups is 1. The minimum absolute atomic E-state index is 0.0889. The van der Waals surface area contributed by atoms with E-state index in [4.69, 9.17) is 10.2 Å². The summed E-state index contributed by atoms with van der Waals surface area (Å²) in [5.41, 5.74) is -0.188. The molecule has 0 bridgehead atoms. The van der Waals surface area contributed by atoms with E-state index in [-0.39, 0.29) is 11.3 Å². The predicted octanol–water partition coefficient (Wildman–Crippen LogP) is 2.17. The highest BCUT2D eigenvalue weighted by Crippen LogP contribution is 2.29. The zero-order valence-corrected chi connectivity index (χ0v) is 8.28. The largest absolute Gasteiger partial charge is 0.573 e. The van der Waals surface area contributed by atoms with Crippen molar-refractivity contribution in [2.24, 2.45) is 0 Å². The number of amides is 1. The number of aliphatic hydroxyl groups is 1. The number of alkyl halides is 3. The Bertz CT molecular complexity index is 419. The van der Waals surface area contributed by atoms with Gasteiger partial charge in [-0.1, -0.05) is 6.07 Å². The van der Waals surface area contributed by atoms with Crippen molar-refractivity contribution < 1.29 is 32.9 Å². The van der Waals surface area contributed by atoms with E-state index in [0.717, 1.165) is 12.1 Å². The predicted molar refractivity (Wildman–Crippen MR) is 50.7 cm³/mol. The van der Waals surface area contributed by atoms with Gasteiger partial charge in [0.25, 0.3) is 0 Å². The molecule has 1 aromatic carbocycles. The van der Waals surface area contributed by atoms with Gasteiger partial charge in [0.05, 0.1) is 6.61 Å². The van der Waals surface area contributed by atoms with Crippen molar-refractivity contribution in [3.8, 4) is 5.75 Å². The number of anilines is 1. The normalized spacial score (nSPS) is 11.1. The molecule has 0 unspecified atom stereocenters. The van der Waals surface area contributed by atoms with Gasteiger partial charge in [0.2, 0.25) is 0 Å². The molecule has 0 saturated heterocycles. The van der Waals surface area contributed by atoms with Crippen LogP contribution in [0.4, 0.5) is 23.7 Å². The van der Waals surface area contributed by atoms with Gasteiger partial charge in [0, 0.05) is 17.3 Å². The van der Waals surface area contributed by atoms with E-state index < -0.39 is 24.8 Å². The molecule has 0 radical (unpaired) electrons. The second-order valence-corrected chi connectivity index (χ2v) is 2.96. The molecule has 0 heterocycles. The molecule has 94 valence electrons. The summed E-state index contributed by atoms with van der Waals surface area (Å²) in [6.45, 7) is -0.654. The summed E-state index contributed by atoms with van der Waals surface area (Å²) >= 11 is 0. The van der Waals surface area contributed by atoms with E-state index in [1.807, 2.05) is 5.32 Å².